The van der Waals surface area contributed by atoms with Gasteiger partial charge in [-0.15, -0.1) is 0 Å². The molecule has 0 amide bonds. The smallest absolute Gasteiger partial charge is 0.336 e. The SMILES string of the molecule is COCCOc1cccc(C(=O)O)c1C. The zero-order valence-corrected chi connectivity index (χ0v) is 8.82. The lowest BCUT2D eigenvalue weighted by atomic mass is 10.1. The highest BCUT2D eigenvalue weighted by molar-refractivity contribution is 5.90. The molecular weight excluding hydrogens is 196 g/mol. The lowest BCUT2D eigenvalue weighted by Crippen LogP contribution is -2.07. The van der Waals surface area contributed by atoms with Crippen molar-refractivity contribution < 1.29 is 19.4 Å². The highest BCUT2D eigenvalue weighted by Gasteiger charge is 2.10. The maximum atomic E-state index is 10.8. The number of carbonyl (C=O) groups is 1. The summed E-state index contributed by atoms with van der Waals surface area (Å²) in [4.78, 5) is 10.8. The van der Waals surface area contributed by atoms with Gasteiger partial charge in [-0.3, -0.25) is 0 Å². The van der Waals surface area contributed by atoms with Crippen LogP contribution in [0.4, 0.5) is 0 Å². The van der Waals surface area contributed by atoms with Crippen molar-refractivity contribution in [2.24, 2.45) is 0 Å². The normalized spacial score (nSPS) is 10.0. The molecule has 0 unspecified atom stereocenters. The zero-order chi connectivity index (χ0) is 11.3. The maximum Gasteiger partial charge on any atom is 0.336 e. The number of carboxylic acid groups (broad SMARTS) is 1. The van der Waals surface area contributed by atoms with Gasteiger partial charge in [0.15, 0.2) is 0 Å². The van der Waals surface area contributed by atoms with Crippen LogP contribution in [0.15, 0.2) is 18.2 Å². The first-order valence-electron chi connectivity index (χ1n) is 4.61. The quantitative estimate of drug-likeness (QED) is 0.752. The Kier molecular flexibility index (Phi) is 4.12. The van der Waals surface area contributed by atoms with Crippen LogP contribution in [0.25, 0.3) is 0 Å². The summed E-state index contributed by atoms with van der Waals surface area (Å²) in [5, 5.41) is 8.88. The van der Waals surface area contributed by atoms with Crippen molar-refractivity contribution in [2.75, 3.05) is 20.3 Å². The number of carboxylic acids is 1. The van der Waals surface area contributed by atoms with Crippen molar-refractivity contribution in [3.8, 4) is 5.75 Å². The predicted octanol–water partition coefficient (Wildman–Crippen LogP) is 1.72. The van der Waals surface area contributed by atoms with E-state index in [2.05, 4.69) is 0 Å². The molecule has 0 aromatic heterocycles. The van der Waals surface area contributed by atoms with Crippen molar-refractivity contribution >= 4 is 5.97 Å². The van der Waals surface area contributed by atoms with E-state index in [-0.39, 0.29) is 5.56 Å². The summed E-state index contributed by atoms with van der Waals surface area (Å²) in [5.41, 5.74) is 0.908. The molecule has 0 heterocycles. The van der Waals surface area contributed by atoms with Gasteiger partial charge < -0.3 is 14.6 Å². The predicted molar refractivity (Wildman–Crippen MR) is 55.5 cm³/mol. The monoisotopic (exact) mass is 210 g/mol. The Morgan fingerprint density at radius 3 is 2.73 bits per heavy atom. The molecule has 0 saturated carbocycles. The van der Waals surface area contributed by atoms with E-state index in [1.54, 1.807) is 32.2 Å². The summed E-state index contributed by atoms with van der Waals surface area (Å²) in [6, 6.07) is 4.97. The number of methoxy groups -OCH3 is 1. The molecule has 0 aliphatic carbocycles. The lowest BCUT2D eigenvalue weighted by Gasteiger charge is -2.10. The number of benzene rings is 1. The maximum absolute atomic E-state index is 10.8. The molecular formula is C11H14O4. The average molecular weight is 210 g/mol. The molecule has 0 fully saturated rings. The average Bonchev–Trinajstić information content (AvgIpc) is 2.20. The van der Waals surface area contributed by atoms with Gasteiger partial charge in [0.05, 0.1) is 12.2 Å². The third-order valence-corrected chi connectivity index (χ3v) is 2.06. The number of hydrogen-bond acceptors (Lipinski definition) is 3. The molecule has 1 aromatic carbocycles. The molecule has 4 nitrogen and oxygen atoms in total. The van der Waals surface area contributed by atoms with Crippen LogP contribution in [0.1, 0.15) is 15.9 Å². The first-order valence-corrected chi connectivity index (χ1v) is 4.61. The van der Waals surface area contributed by atoms with E-state index >= 15 is 0 Å². The molecule has 1 N–H and O–H groups in total. The van der Waals surface area contributed by atoms with E-state index in [9.17, 15) is 4.79 Å². The topological polar surface area (TPSA) is 55.8 Å². The van der Waals surface area contributed by atoms with E-state index in [0.29, 0.717) is 24.5 Å². The molecule has 0 bridgehead atoms. The molecule has 82 valence electrons. The highest BCUT2D eigenvalue weighted by Crippen LogP contribution is 2.21. The van der Waals surface area contributed by atoms with Crippen LogP contribution in [0, 0.1) is 6.92 Å². The molecule has 0 atom stereocenters. The van der Waals surface area contributed by atoms with Crippen LogP contribution in [0.5, 0.6) is 5.75 Å². The van der Waals surface area contributed by atoms with Gasteiger partial charge in [-0.05, 0) is 19.1 Å². The third-order valence-electron chi connectivity index (χ3n) is 2.06. The fourth-order valence-electron chi connectivity index (χ4n) is 1.24. The van der Waals surface area contributed by atoms with Crippen molar-refractivity contribution in [1.29, 1.82) is 0 Å². The van der Waals surface area contributed by atoms with Gasteiger partial charge in [-0.1, -0.05) is 6.07 Å². The van der Waals surface area contributed by atoms with Crippen LogP contribution >= 0.6 is 0 Å². The number of hydrogen-bond donors (Lipinski definition) is 1. The molecule has 1 rings (SSSR count). The second-order valence-electron chi connectivity index (χ2n) is 3.08. The molecule has 0 saturated heterocycles. The van der Waals surface area contributed by atoms with Gasteiger partial charge in [0.2, 0.25) is 0 Å². The van der Waals surface area contributed by atoms with Gasteiger partial charge in [0.25, 0.3) is 0 Å². The molecule has 1 aromatic rings. The minimum atomic E-state index is -0.940. The van der Waals surface area contributed by atoms with Crippen LogP contribution in [0.2, 0.25) is 0 Å². The number of rotatable bonds is 5. The van der Waals surface area contributed by atoms with Gasteiger partial charge in [-0.2, -0.15) is 0 Å². The van der Waals surface area contributed by atoms with Crippen molar-refractivity contribution in [3.05, 3.63) is 29.3 Å². The van der Waals surface area contributed by atoms with Gasteiger partial charge in [0, 0.05) is 12.7 Å². The Balaban J connectivity index is 2.80. The van der Waals surface area contributed by atoms with Gasteiger partial charge >= 0.3 is 5.97 Å². The van der Waals surface area contributed by atoms with E-state index in [0.717, 1.165) is 0 Å². The first kappa shape index (κ1) is 11.5. The van der Waals surface area contributed by atoms with Crippen LogP contribution in [-0.2, 0) is 4.74 Å². The second kappa shape index (κ2) is 5.36. The third kappa shape index (κ3) is 2.95. The van der Waals surface area contributed by atoms with E-state index in [1.165, 1.54) is 0 Å². The zero-order valence-electron chi connectivity index (χ0n) is 8.82. The standard InChI is InChI=1S/C11H14O4/c1-8-9(11(12)13)4-3-5-10(8)15-7-6-14-2/h3-5H,6-7H2,1-2H3,(H,12,13). The minimum Gasteiger partial charge on any atom is -0.491 e. The van der Waals surface area contributed by atoms with E-state index in [4.69, 9.17) is 14.6 Å². The Bertz CT molecular complexity index is 346. The van der Waals surface area contributed by atoms with Crippen molar-refractivity contribution in [3.63, 3.8) is 0 Å². The number of ether oxygens (including phenoxy) is 2. The largest absolute Gasteiger partial charge is 0.491 e. The summed E-state index contributed by atoms with van der Waals surface area (Å²) in [6.45, 7) is 2.63. The van der Waals surface area contributed by atoms with Gasteiger partial charge in [0.1, 0.15) is 12.4 Å². The highest BCUT2D eigenvalue weighted by atomic mass is 16.5. The Labute approximate surface area is 88.4 Å². The van der Waals surface area contributed by atoms with Crippen LogP contribution < -0.4 is 4.74 Å². The van der Waals surface area contributed by atoms with Gasteiger partial charge in [-0.25, -0.2) is 4.79 Å². The molecule has 0 aliphatic heterocycles. The summed E-state index contributed by atoms with van der Waals surface area (Å²) < 4.78 is 10.2. The minimum absolute atomic E-state index is 0.268. The fourth-order valence-corrected chi connectivity index (χ4v) is 1.24. The van der Waals surface area contributed by atoms with Crippen molar-refractivity contribution in [1.82, 2.24) is 0 Å². The summed E-state index contributed by atoms with van der Waals surface area (Å²) >= 11 is 0. The Morgan fingerprint density at radius 1 is 1.40 bits per heavy atom. The summed E-state index contributed by atoms with van der Waals surface area (Å²) in [6.07, 6.45) is 0. The van der Waals surface area contributed by atoms with E-state index < -0.39 is 5.97 Å². The Hall–Kier alpha value is -1.55. The fraction of sp³-hybridized carbons (Fsp3) is 0.364. The second-order valence-corrected chi connectivity index (χ2v) is 3.08. The lowest BCUT2D eigenvalue weighted by molar-refractivity contribution is 0.0695. The molecule has 0 aliphatic rings. The number of aromatic carboxylic acids is 1. The molecule has 0 spiro atoms. The summed E-state index contributed by atoms with van der Waals surface area (Å²) in [7, 11) is 1.59. The molecule has 0 radical (unpaired) electrons. The molecule has 15 heavy (non-hydrogen) atoms. The first-order chi connectivity index (χ1) is 7.16. The van der Waals surface area contributed by atoms with Crippen LogP contribution in [0.3, 0.4) is 0 Å². The van der Waals surface area contributed by atoms with E-state index in [1.807, 2.05) is 0 Å². The molecule has 4 heteroatoms. The summed E-state index contributed by atoms with van der Waals surface area (Å²) in [5.74, 6) is -0.350. The van der Waals surface area contributed by atoms with Crippen molar-refractivity contribution in [2.45, 2.75) is 6.92 Å². The Morgan fingerprint density at radius 2 is 2.13 bits per heavy atom. The van der Waals surface area contributed by atoms with Crippen LogP contribution in [-0.4, -0.2) is 31.4 Å².